The summed E-state index contributed by atoms with van der Waals surface area (Å²) in [6.45, 7) is 3.79. The fraction of sp³-hybridized carbons (Fsp3) is 0.462. The van der Waals surface area contributed by atoms with Crippen molar-refractivity contribution in [2.24, 2.45) is 0 Å². The molecule has 0 radical (unpaired) electrons. The number of hydrogen-bond donors (Lipinski definition) is 1. The highest BCUT2D eigenvalue weighted by molar-refractivity contribution is 6.30. The summed E-state index contributed by atoms with van der Waals surface area (Å²) in [5.74, 6) is -0.258. The first kappa shape index (κ1) is 13.2. The lowest BCUT2D eigenvalue weighted by molar-refractivity contribution is 0.0561. The number of rotatable bonds is 1. The summed E-state index contributed by atoms with van der Waals surface area (Å²) in [7, 11) is 0. The van der Waals surface area contributed by atoms with Gasteiger partial charge in [0.2, 0.25) is 0 Å². The number of carbonyl (C=O) groups is 1. The second-order valence-corrected chi connectivity index (χ2v) is 4.88. The predicted molar refractivity (Wildman–Crippen MR) is 69.1 cm³/mol. The van der Waals surface area contributed by atoms with E-state index in [1.54, 1.807) is 17.0 Å². The number of nitrogens with zero attached hydrogens (tertiary/aromatic N) is 1. The van der Waals surface area contributed by atoms with Crippen molar-refractivity contribution in [1.82, 2.24) is 4.90 Å². The minimum atomic E-state index is -0.179. The maximum Gasteiger partial charge on any atom is 0.257 e. The molecule has 1 aromatic rings. The largest absolute Gasteiger partial charge is 0.507 e. The number of phenols is 1. The lowest BCUT2D eigenvalue weighted by atomic mass is 10.1. The van der Waals surface area contributed by atoms with E-state index < -0.39 is 0 Å². The minimum Gasteiger partial charge on any atom is -0.507 e. The third-order valence-electron chi connectivity index (χ3n) is 2.93. The van der Waals surface area contributed by atoms with E-state index in [1.165, 1.54) is 6.07 Å². The molecule has 98 valence electrons. The molecular formula is C13H16ClNO3. The van der Waals surface area contributed by atoms with Gasteiger partial charge in [-0.15, -0.1) is 0 Å². The molecule has 5 heteroatoms. The van der Waals surface area contributed by atoms with Crippen LogP contribution in [-0.4, -0.2) is 41.7 Å². The number of aromatic hydroxyl groups is 1. The molecule has 0 aliphatic carbocycles. The van der Waals surface area contributed by atoms with Crippen molar-refractivity contribution in [2.75, 3.05) is 19.7 Å². The fourth-order valence-electron chi connectivity index (χ4n) is 2.03. The van der Waals surface area contributed by atoms with Gasteiger partial charge in [-0.05, 0) is 31.5 Å². The van der Waals surface area contributed by atoms with E-state index in [-0.39, 0.29) is 23.3 Å². The Morgan fingerprint density at radius 3 is 3.06 bits per heavy atom. The van der Waals surface area contributed by atoms with E-state index in [4.69, 9.17) is 16.3 Å². The predicted octanol–water partition coefficient (Wildman–Crippen LogP) is 2.30. The highest BCUT2D eigenvalue weighted by Crippen LogP contribution is 2.23. The van der Waals surface area contributed by atoms with E-state index in [9.17, 15) is 9.90 Å². The lowest BCUT2D eigenvalue weighted by Gasteiger charge is -2.22. The van der Waals surface area contributed by atoms with E-state index >= 15 is 0 Å². The number of ether oxygens (including phenoxy) is 1. The molecule has 1 aromatic carbocycles. The van der Waals surface area contributed by atoms with Crippen LogP contribution in [0.5, 0.6) is 5.75 Å². The summed E-state index contributed by atoms with van der Waals surface area (Å²) < 4.78 is 5.49. The van der Waals surface area contributed by atoms with Gasteiger partial charge in [0.1, 0.15) is 5.75 Å². The molecule has 0 bridgehead atoms. The molecule has 1 fully saturated rings. The highest BCUT2D eigenvalue weighted by Gasteiger charge is 2.23. The molecule has 0 aromatic heterocycles. The molecule has 0 spiro atoms. The van der Waals surface area contributed by atoms with Crippen LogP contribution in [0.3, 0.4) is 0 Å². The Bertz CT molecular complexity index is 450. The lowest BCUT2D eigenvalue weighted by Crippen LogP contribution is -2.35. The Kier molecular flexibility index (Phi) is 4.09. The van der Waals surface area contributed by atoms with Crippen molar-refractivity contribution in [1.29, 1.82) is 0 Å². The van der Waals surface area contributed by atoms with Crippen LogP contribution >= 0.6 is 11.6 Å². The van der Waals surface area contributed by atoms with Gasteiger partial charge in [-0.3, -0.25) is 4.79 Å². The highest BCUT2D eigenvalue weighted by atomic mass is 35.5. The second kappa shape index (κ2) is 5.59. The average Bonchev–Trinajstić information content (AvgIpc) is 2.53. The Balaban J connectivity index is 2.19. The van der Waals surface area contributed by atoms with Gasteiger partial charge in [0, 0.05) is 24.7 Å². The van der Waals surface area contributed by atoms with Crippen LogP contribution < -0.4 is 0 Å². The van der Waals surface area contributed by atoms with Gasteiger partial charge in [-0.2, -0.15) is 0 Å². The van der Waals surface area contributed by atoms with Crippen molar-refractivity contribution >= 4 is 17.5 Å². The fourth-order valence-corrected chi connectivity index (χ4v) is 2.20. The van der Waals surface area contributed by atoms with Crippen LogP contribution in [0.4, 0.5) is 0 Å². The first-order valence-electron chi connectivity index (χ1n) is 5.97. The van der Waals surface area contributed by atoms with Crippen molar-refractivity contribution in [2.45, 2.75) is 19.4 Å². The van der Waals surface area contributed by atoms with Crippen molar-refractivity contribution in [3.63, 3.8) is 0 Å². The maximum atomic E-state index is 12.3. The third kappa shape index (κ3) is 2.94. The van der Waals surface area contributed by atoms with Crippen LogP contribution in [-0.2, 0) is 4.74 Å². The topological polar surface area (TPSA) is 49.8 Å². The molecule has 1 atom stereocenters. The van der Waals surface area contributed by atoms with Crippen LogP contribution in [0.25, 0.3) is 0 Å². The van der Waals surface area contributed by atoms with E-state index in [2.05, 4.69) is 0 Å². The summed E-state index contributed by atoms with van der Waals surface area (Å²) in [5.41, 5.74) is 0.286. The van der Waals surface area contributed by atoms with Gasteiger partial charge in [-0.1, -0.05) is 11.6 Å². The first-order valence-corrected chi connectivity index (χ1v) is 6.35. The van der Waals surface area contributed by atoms with Crippen LogP contribution in [0.15, 0.2) is 18.2 Å². The quantitative estimate of drug-likeness (QED) is 0.851. The van der Waals surface area contributed by atoms with Crippen LogP contribution in [0.1, 0.15) is 23.7 Å². The molecule has 1 aliphatic heterocycles. The Morgan fingerprint density at radius 1 is 1.56 bits per heavy atom. The molecule has 1 aliphatic rings. The number of halogens is 1. The Labute approximate surface area is 111 Å². The minimum absolute atomic E-state index is 0.0193. The van der Waals surface area contributed by atoms with E-state index in [1.807, 2.05) is 6.92 Å². The molecule has 1 unspecified atom stereocenters. The standard InChI is InChI=1S/C13H16ClNO3/c1-9-8-15(5-2-6-18-9)13(17)11-4-3-10(14)7-12(11)16/h3-4,7,9,16H,2,5-6,8H2,1H3. The zero-order valence-corrected chi connectivity index (χ0v) is 11.0. The summed E-state index contributed by atoms with van der Waals surface area (Å²) in [4.78, 5) is 14.0. The van der Waals surface area contributed by atoms with Crippen molar-refractivity contribution in [3.05, 3.63) is 28.8 Å². The second-order valence-electron chi connectivity index (χ2n) is 4.45. The zero-order valence-electron chi connectivity index (χ0n) is 10.2. The van der Waals surface area contributed by atoms with E-state index in [0.29, 0.717) is 24.7 Å². The molecule has 4 nitrogen and oxygen atoms in total. The first-order chi connectivity index (χ1) is 8.58. The number of phenolic OH excluding ortho intramolecular Hbond substituents is 1. The van der Waals surface area contributed by atoms with Gasteiger partial charge in [-0.25, -0.2) is 0 Å². The molecule has 0 saturated carbocycles. The van der Waals surface area contributed by atoms with Gasteiger partial charge in [0.15, 0.2) is 0 Å². The van der Waals surface area contributed by atoms with Gasteiger partial charge in [0.25, 0.3) is 5.91 Å². The van der Waals surface area contributed by atoms with Crippen LogP contribution in [0.2, 0.25) is 5.02 Å². The average molecular weight is 270 g/mol. The number of carbonyl (C=O) groups excluding carboxylic acids is 1. The van der Waals surface area contributed by atoms with Gasteiger partial charge < -0.3 is 14.7 Å². The van der Waals surface area contributed by atoms with Crippen LogP contribution in [0, 0.1) is 0 Å². The Hall–Kier alpha value is -1.26. The Morgan fingerprint density at radius 2 is 2.33 bits per heavy atom. The molecule has 1 heterocycles. The molecule has 1 amide bonds. The monoisotopic (exact) mass is 269 g/mol. The normalized spacial score (nSPS) is 20.6. The SMILES string of the molecule is CC1CN(C(=O)c2ccc(Cl)cc2O)CCCO1. The molecule has 1 saturated heterocycles. The van der Waals surface area contributed by atoms with Gasteiger partial charge in [0.05, 0.1) is 11.7 Å². The molecule has 18 heavy (non-hydrogen) atoms. The van der Waals surface area contributed by atoms with Gasteiger partial charge >= 0.3 is 0 Å². The molecular weight excluding hydrogens is 254 g/mol. The summed E-state index contributed by atoms with van der Waals surface area (Å²) >= 11 is 5.75. The smallest absolute Gasteiger partial charge is 0.257 e. The van der Waals surface area contributed by atoms with Crippen molar-refractivity contribution < 1.29 is 14.6 Å². The summed E-state index contributed by atoms with van der Waals surface area (Å²) in [5, 5.41) is 10.2. The number of benzene rings is 1. The van der Waals surface area contributed by atoms with Crippen molar-refractivity contribution in [3.8, 4) is 5.75 Å². The molecule has 2 rings (SSSR count). The third-order valence-corrected chi connectivity index (χ3v) is 3.16. The summed E-state index contributed by atoms with van der Waals surface area (Å²) in [6, 6.07) is 4.54. The molecule has 1 N–H and O–H groups in total. The number of hydrogen-bond acceptors (Lipinski definition) is 3. The van der Waals surface area contributed by atoms with E-state index in [0.717, 1.165) is 6.42 Å². The maximum absolute atomic E-state index is 12.3. The number of amides is 1. The summed E-state index contributed by atoms with van der Waals surface area (Å²) in [6.07, 6.45) is 0.829. The zero-order chi connectivity index (χ0) is 13.1.